The maximum atomic E-state index is 11.8. The Bertz CT molecular complexity index is 416. The molecule has 0 heterocycles. The van der Waals surface area contributed by atoms with Gasteiger partial charge in [-0.3, -0.25) is 4.79 Å². The van der Waals surface area contributed by atoms with Crippen molar-refractivity contribution in [3.8, 4) is 5.75 Å². The van der Waals surface area contributed by atoms with Gasteiger partial charge in [0.25, 0.3) is 0 Å². The molecule has 1 aromatic rings. The van der Waals surface area contributed by atoms with E-state index in [-0.39, 0.29) is 5.91 Å². The Labute approximate surface area is 108 Å². The maximum Gasteiger partial charge on any atom is 0.224 e. The SMILES string of the molecule is COCCNC(=O)Cc1c(C)cc(C)cc1OC. The highest BCUT2D eigenvalue weighted by Gasteiger charge is 2.11. The van der Waals surface area contributed by atoms with Gasteiger partial charge in [-0.2, -0.15) is 0 Å². The van der Waals surface area contributed by atoms with Crippen molar-refractivity contribution in [2.45, 2.75) is 20.3 Å². The third-order valence-corrected chi connectivity index (χ3v) is 2.76. The summed E-state index contributed by atoms with van der Waals surface area (Å²) in [6, 6.07) is 4.01. The maximum absolute atomic E-state index is 11.8. The zero-order chi connectivity index (χ0) is 13.5. The molecule has 0 unspecified atom stereocenters. The fraction of sp³-hybridized carbons (Fsp3) is 0.500. The van der Waals surface area contributed by atoms with Gasteiger partial charge in [-0.15, -0.1) is 0 Å². The van der Waals surface area contributed by atoms with E-state index in [1.807, 2.05) is 19.9 Å². The van der Waals surface area contributed by atoms with Crippen LogP contribution >= 0.6 is 0 Å². The monoisotopic (exact) mass is 251 g/mol. The highest BCUT2D eigenvalue weighted by atomic mass is 16.5. The second-order valence-electron chi connectivity index (χ2n) is 4.28. The van der Waals surface area contributed by atoms with Crippen LogP contribution in [0, 0.1) is 13.8 Å². The van der Waals surface area contributed by atoms with Gasteiger partial charge in [0.2, 0.25) is 5.91 Å². The van der Waals surface area contributed by atoms with Crippen LogP contribution in [0.4, 0.5) is 0 Å². The molecular weight excluding hydrogens is 230 g/mol. The lowest BCUT2D eigenvalue weighted by Crippen LogP contribution is -2.28. The molecule has 0 saturated carbocycles. The predicted molar refractivity (Wildman–Crippen MR) is 71.1 cm³/mol. The summed E-state index contributed by atoms with van der Waals surface area (Å²) in [5.41, 5.74) is 3.15. The summed E-state index contributed by atoms with van der Waals surface area (Å²) in [7, 11) is 3.24. The molecule has 0 atom stereocenters. The van der Waals surface area contributed by atoms with E-state index in [1.54, 1.807) is 14.2 Å². The number of carbonyl (C=O) groups excluding carboxylic acids is 1. The van der Waals surface area contributed by atoms with Gasteiger partial charge < -0.3 is 14.8 Å². The summed E-state index contributed by atoms with van der Waals surface area (Å²) in [5, 5.41) is 2.81. The van der Waals surface area contributed by atoms with Crippen LogP contribution in [0.25, 0.3) is 0 Å². The Morgan fingerprint density at radius 1 is 1.28 bits per heavy atom. The predicted octanol–water partition coefficient (Wildman–Crippen LogP) is 1.62. The quantitative estimate of drug-likeness (QED) is 0.781. The average Bonchev–Trinajstić information content (AvgIpc) is 2.32. The summed E-state index contributed by atoms with van der Waals surface area (Å²) in [5.74, 6) is 0.756. The first-order chi connectivity index (χ1) is 8.58. The number of nitrogens with one attached hydrogen (secondary N) is 1. The Hall–Kier alpha value is -1.55. The number of hydrogen-bond acceptors (Lipinski definition) is 3. The molecule has 0 bridgehead atoms. The molecule has 0 saturated heterocycles. The lowest BCUT2D eigenvalue weighted by Gasteiger charge is -2.13. The third-order valence-electron chi connectivity index (χ3n) is 2.76. The van der Waals surface area contributed by atoms with Crippen LogP contribution < -0.4 is 10.1 Å². The normalized spacial score (nSPS) is 10.2. The van der Waals surface area contributed by atoms with Gasteiger partial charge in [-0.05, 0) is 31.0 Å². The molecule has 1 amide bonds. The minimum Gasteiger partial charge on any atom is -0.496 e. The van der Waals surface area contributed by atoms with Crippen LogP contribution in [0.15, 0.2) is 12.1 Å². The van der Waals surface area contributed by atoms with Crippen molar-refractivity contribution in [3.63, 3.8) is 0 Å². The molecule has 0 fully saturated rings. The van der Waals surface area contributed by atoms with E-state index in [0.29, 0.717) is 19.6 Å². The Morgan fingerprint density at radius 2 is 2.00 bits per heavy atom. The second-order valence-corrected chi connectivity index (χ2v) is 4.28. The van der Waals surface area contributed by atoms with E-state index in [9.17, 15) is 4.79 Å². The zero-order valence-corrected chi connectivity index (χ0v) is 11.5. The Morgan fingerprint density at radius 3 is 2.61 bits per heavy atom. The van der Waals surface area contributed by atoms with Crippen molar-refractivity contribution in [1.29, 1.82) is 0 Å². The van der Waals surface area contributed by atoms with Crippen LogP contribution in [-0.4, -0.2) is 33.3 Å². The van der Waals surface area contributed by atoms with Gasteiger partial charge in [-0.25, -0.2) is 0 Å². The van der Waals surface area contributed by atoms with Crippen LogP contribution in [-0.2, 0) is 16.0 Å². The average molecular weight is 251 g/mol. The fourth-order valence-electron chi connectivity index (χ4n) is 1.88. The Balaban J connectivity index is 2.74. The molecule has 1 aromatic carbocycles. The number of ether oxygens (including phenoxy) is 2. The molecule has 18 heavy (non-hydrogen) atoms. The van der Waals surface area contributed by atoms with Crippen LogP contribution in [0.3, 0.4) is 0 Å². The summed E-state index contributed by atoms with van der Waals surface area (Å²) >= 11 is 0. The van der Waals surface area contributed by atoms with E-state index in [4.69, 9.17) is 9.47 Å². The van der Waals surface area contributed by atoms with Gasteiger partial charge in [0, 0.05) is 19.2 Å². The lowest BCUT2D eigenvalue weighted by atomic mass is 10.0. The summed E-state index contributed by atoms with van der Waals surface area (Å²) in [6.07, 6.45) is 0.332. The van der Waals surface area contributed by atoms with E-state index in [2.05, 4.69) is 11.4 Å². The fourth-order valence-corrected chi connectivity index (χ4v) is 1.88. The zero-order valence-electron chi connectivity index (χ0n) is 11.5. The number of benzene rings is 1. The molecule has 1 N–H and O–H groups in total. The molecule has 0 aromatic heterocycles. The van der Waals surface area contributed by atoms with Crippen LogP contribution in [0.5, 0.6) is 5.75 Å². The first kappa shape index (κ1) is 14.5. The van der Waals surface area contributed by atoms with Gasteiger partial charge in [0.15, 0.2) is 0 Å². The van der Waals surface area contributed by atoms with Crippen molar-refractivity contribution in [1.82, 2.24) is 5.32 Å². The summed E-state index contributed by atoms with van der Waals surface area (Å²) in [6.45, 7) is 5.06. The van der Waals surface area contributed by atoms with Crippen molar-refractivity contribution >= 4 is 5.91 Å². The van der Waals surface area contributed by atoms with Crippen LogP contribution in [0.2, 0.25) is 0 Å². The highest BCUT2D eigenvalue weighted by molar-refractivity contribution is 5.79. The molecule has 0 radical (unpaired) electrons. The number of hydrogen-bond donors (Lipinski definition) is 1. The molecular formula is C14H21NO3. The molecule has 1 rings (SSSR count). The van der Waals surface area contributed by atoms with Crippen molar-refractivity contribution < 1.29 is 14.3 Å². The van der Waals surface area contributed by atoms with Gasteiger partial charge >= 0.3 is 0 Å². The third kappa shape index (κ3) is 4.04. The number of methoxy groups -OCH3 is 2. The standard InChI is InChI=1S/C14H21NO3/c1-10-7-11(2)12(13(8-10)18-4)9-14(16)15-5-6-17-3/h7-8H,5-6,9H2,1-4H3,(H,15,16). The molecule has 0 aliphatic carbocycles. The molecule has 100 valence electrons. The van der Waals surface area contributed by atoms with Gasteiger partial charge in [0.05, 0.1) is 20.1 Å². The Kier molecular flexibility index (Phi) is 5.65. The summed E-state index contributed by atoms with van der Waals surface area (Å²) in [4.78, 5) is 11.8. The minimum absolute atomic E-state index is 0.0164. The van der Waals surface area contributed by atoms with E-state index in [1.165, 1.54) is 0 Å². The van der Waals surface area contributed by atoms with Crippen molar-refractivity contribution in [2.24, 2.45) is 0 Å². The first-order valence-corrected chi connectivity index (χ1v) is 5.98. The molecule has 4 nitrogen and oxygen atoms in total. The first-order valence-electron chi connectivity index (χ1n) is 5.98. The van der Waals surface area contributed by atoms with Gasteiger partial charge in [-0.1, -0.05) is 6.07 Å². The lowest BCUT2D eigenvalue weighted by molar-refractivity contribution is -0.120. The van der Waals surface area contributed by atoms with E-state index in [0.717, 1.165) is 22.4 Å². The smallest absolute Gasteiger partial charge is 0.224 e. The number of rotatable bonds is 6. The van der Waals surface area contributed by atoms with Crippen molar-refractivity contribution in [2.75, 3.05) is 27.4 Å². The molecule has 0 aliphatic heterocycles. The highest BCUT2D eigenvalue weighted by Crippen LogP contribution is 2.24. The molecule has 0 aliphatic rings. The molecule has 0 spiro atoms. The number of amides is 1. The minimum atomic E-state index is -0.0164. The topological polar surface area (TPSA) is 47.6 Å². The van der Waals surface area contributed by atoms with Crippen molar-refractivity contribution in [3.05, 3.63) is 28.8 Å². The second kappa shape index (κ2) is 7.01. The largest absolute Gasteiger partial charge is 0.496 e. The van der Waals surface area contributed by atoms with Crippen LogP contribution in [0.1, 0.15) is 16.7 Å². The molecule has 4 heteroatoms. The van der Waals surface area contributed by atoms with E-state index < -0.39 is 0 Å². The number of carbonyl (C=O) groups is 1. The van der Waals surface area contributed by atoms with Gasteiger partial charge in [0.1, 0.15) is 5.75 Å². The van der Waals surface area contributed by atoms with E-state index >= 15 is 0 Å². The summed E-state index contributed by atoms with van der Waals surface area (Å²) < 4.78 is 10.2. The number of aryl methyl sites for hydroxylation is 2.